The van der Waals surface area contributed by atoms with E-state index >= 15 is 0 Å². The van der Waals surface area contributed by atoms with E-state index in [9.17, 15) is 9.59 Å². The molecule has 0 fully saturated rings. The van der Waals surface area contributed by atoms with E-state index in [1.54, 1.807) is 22.9 Å². The molecule has 0 radical (unpaired) electrons. The molecule has 0 spiro atoms. The predicted octanol–water partition coefficient (Wildman–Crippen LogP) is 2.20. The highest BCUT2D eigenvalue weighted by Crippen LogP contribution is 2.23. The highest BCUT2D eigenvalue weighted by atomic mass is 16.5. The monoisotopic (exact) mass is 371 g/mol. The van der Waals surface area contributed by atoms with Crippen molar-refractivity contribution >= 4 is 5.91 Å². The van der Waals surface area contributed by atoms with Gasteiger partial charge in [0.2, 0.25) is 5.43 Å². The summed E-state index contributed by atoms with van der Waals surface area (Å²) in [5.74, 6) is -0.166. The Balaban J connectivity index is 1.92. The second-order valence-corrected chi connectivity index (χ2v) is 6.43. The van der Waals surface area contributed by atoms with Crippen LogP contribution in [0.25, 0.3) is 0 Å². The standard InChI is InChI=1S/C20H25N3O4/c1-3-7-17-21-23-11-10-16(24)19(27-14-15-8-5-4-6-9-15)18(23)20(25)22(17)12-13-26-2/h4-6,8-11,17,21H,3,7,12-14H2,1-2H3. The molecule has 2 heterocycles. The number of amides is 1. The Hall–Kier alpha value is -2.80. The lowest BCUT2D eigenvalue weighted by Gasteiger charge is -2.39. The van der Waals surface area contributed by atoms with Crippen LogP contribution in [-0.2, 0) is 11.3 Å². The topological polar surface area (TPSA) is 72.8 Å². The van der Waals surface area contributed by atoms with Crippen molar-refractivity contribution in [2.75, 3.05) is 25.7 Å². The van der Waals surface area contributed by atoms with Crippen molar-refractivity contribution in [1.29, 1.82) is 0 Å². The van der Waals surface area contributed by atoms with Crippen molar-refractivity contribution in [2.24, 2.45) is 0 Å². The van der Waals surface area contributed by atoms with E-state index in [4.69, 9.17) is 9.47 Å². The maximum absolute atomic E-state index is 13.2. The molecule has 0 aliphatic carbocycles. The van der Waals surface area contributed by atoms with Crippen LogP contribution in [0, 0.1) is 0 Å². The van der Waals surface area contributed by atoms with E-state index in [1.807, 2.05) is 30.3 Å². The first kappa shape index (κ1) is 19.0. The minimum atomic E-state index is -0.312. The fraction of sp³-hybridized carbons (Fsp3) is 0.400. The van der Waals surface area contributed by atoms with Crippen molar-refractivity contribution in [2.45, 2.75) is 32.5 Å². The summed E-state index contributed by atoms with van der Waals surface area (Å²) in [6.07, 6.45) is 3.14. The number of ether oxygens (including phenoxy) is 2. The van der Waals surface area contributed by atoms with Crippen LogP contribution in [0.5, 0.6) is 5.75 Å². The molecule has 1 atom stereocenters. The smallest absolute Gasteiger partial charge is 0.278 e. The first-order valence-corrected chi connectivity index (χ1v) is 9.14. The molecule has 7 heteroatoms. The molecule has 7 nitrogen and oxygen atoms in total. The van der Waals surface area contributed by atoms with Gasteiger partial charge in [0.1, 0.15) is 12.8 Å². The van der Waals surface area contributed by atoms with Gasteiger partial charge < -0.3 is 19.8 Å². The average molecular weight is 371 g/mol. The molecular weight excluding hydrogens is 346 g/mol. The quantitative estimate of drug-likeness (QED) is 0.770. The summed E-state index contributed by atoms with van der Waals surface area (Å²) >= 11 is 0. The van der Waals surface area contributed by atoms with E-state index in [0.717, 1.165) is 18.4 Å². The maximum atomic E-state index is 13.2. The molecule has 1 aromatic heterocycles. The first-order valence-electron chi connectivity index (χ1n) is 9.14. The largest absolute Gasteiger partial charge is 0.482 e. The van der Waals surface area contributed by atoms with Crippen molar-refractivity contribution in [1.82, 2.24) is 9.58 Å². The van der Waals surface area contributed by atoms with Gasteiger partial charge in [-0.25, -0.2) is 0 Å². The predicted molar refractivity (Wildman–Crippen MR) is 102 cm³/mol. The highest BCUT2D eigenvalue weighted by Gasteiger charge is 2.34. The van der Waals surface area contributed by atoms with Crippen LogP contribution in [0.1, 0.15) is 35.8 Å². The summed E-state index contributed by atoms with van der Waals surface area (Å²) in [6.45, 7) is 3.14. The van der Waals surface area contributed by atoms with Crippen LogP contribution in [-0.4, -0.2) is 41.9 Å². The van der Waals surface area contributed by atoms with Crippen LogP contribution >= 0.6 is 0 Å². The van der Waals surface area contributed by atoms with Crippen molar-refractivity contribution in [3.63, 3.8) is 0 Å². The van der Waals surface area contributed by atoms with Gasteiger partial charge >= 0.3 is 0 Å². The number of methoxy groups -OCH3 is 1. The minimum absolute atomic E-state index is 0.0659. The SMILES string of the molecule is CCCC1Nn2ccc(=O)c(OCc3ccccc3)c2C(=O)N1CCOC. The zero-order chi connectivity index (χ0) is 19.2. The molecule has 144 valence electrons. The van der Waals surface area contributed by atoms with Crippen LogP contribution in [0.15, 0.2) is 47.4 Å². The molecule has 2 aromatic rings. The fourth-order valence-corrected chi connectivity index (χ4v) is 3.14. The third-order valence-corrected chi connectivity index (χ3v) is 4.51. The van der Waals surface area contributed by atoms with Gasteiger partial charge in [-0.05, 0) is 12.0 Å². The van der Waals surface area contributed by atoms with Crippen LogP contribution < -0.4 is 15.6 Å². The van der Waals surface area contributed by atoms with E-state index < -0.39 is 0 Å². The summed E-state index contributed by atoms with van der Waals surface area (Å²) in [4.78, 5) is 27.3. The molecule has 0 saturated heterocycles. The van der Waals surface area contributed by atoms with Gasteiger partial charge in [-0.1, -0.05) is 43.7 Å². The molecule has 3 rings (SSSR count). The van der Waals surface area contributed by atoms with E-state index in [-0.39, 0.29) is 35.6 Å². The number of rotatable bonds is 8. The third-order valence-electron chi connectivity index (χ3n) is 4.51. The van der Waals surface area contributed by atoms with Crippen molar-refractivity contribution in [3.8, 4) is 5.75 Å². The van der Waals surface area contributed by atoms with Crippen molar-refractivity contribution in [3.05, 3.63) is 64.1 Å². The van der Waals surface area contributed by atoms with E-state index in [1.165, 1.54) is 6.07 Å². The minimum Gasteiger partial charge on any atom is -0.482 e. The summed E-state index contributed by atoms with van der Waals surface area (Å²) in [5.41, 5.74) is 4.14. The summed E-state index contributed by atoms with van der Waals surface area (Å²) in [7, 11) is 1.60. The third kappa shape index (κ3) is 4.14. The van der Waals surface area contributed by atoms with E-state index in [2.05, 4.69) is 12.3 Å². The lowest BCUT2D eigenvalue weighted by Crippen LogP contribution is -2.55. The Bertz CT molecular complexity index is 835. The Morgan fingerprint density at radius 3 is 2.63 bits per heavy atom. The normalized spacial score (nSPS) is 16.0. The number of carbonyl (C=O) groups is 1. The molecule has 1 aliphatic heterocycles. The number of nitrogens with one attached hydrogen (secondary N) is 1. The van der Waals surface area contributed by atoms with E-state index in [0.29, 0.717) is 13.2 Å². The molecule has 1 N–H and O–H groups in total. The molecule has 0 bridgehead atoms. The molecule has 1 amide bonds. The van der Waals surface area contributed by atoms with Crippen LogP contribution in [0.2, 0.25) is 0 Å². The Labute approximate surface area is 158 Å². The molecule has 27 heavy (non-hydrogen) atoms. The Kier molecular flexibility index (Phi) is 6.13. The highest BCUT2D eigenvalue weighted by molar-refractivity contribution is 5.96. The Morgan fingerprint density at radius 2 is 1.93 bits per heavy atom. The number of hydrogen-bond donors (Lipinski definition) is 1. The van der Waals surface area contributed by atoms with Crippen LogP contribution in [0.3, 0.4) is 0 Å². The Morgan fingerprint density at radius 1 is 1.15 bits per heavy atom. The fourth-order valence-electron chi connectivity index (χ4n) is 3.14. The molecule has 0 saturated carbocycles. The zero-order valence-corrected chi connectivity index (χ0v) is 15.7. The average Bonchev–Trinajstić information content (AvgIpc) is 2.68. The lowest BCUT2D eigenvalue weighted by molar-refractivity contribution is 0.0544. The molecule has 1 aliphatic rings. The van der Waals surface area contributed by atoms with Gasteiger partial charge in [0.15, 0.2) is 11.4 Å². The van der Waals surface area contributed by atoms with Crippen molar-refractivity contribution < 1.29 is 14.3 Å². The van der Waals surface area contributed by atoms with Gasteiger partial charge in [-0.15, -0.1) is 0 Å². The summed E-state index contributed by atoms with van der Waals surface area (Å²) < 4.78 is 12.5. The maximum Gasteiger partial charge on any atom is 0.278 e. The zero-order valence-electron chi connectivity index (χ0n) is 15.7. The number of hydrogen-bond acceptors (Lipinski definition) is 5. The number of nitrogens with zero attached hydrogens (tertiary/aromatic N) is 2. The summed E-state index contributed by atoms with van der Waals surface area (Å²) in [5, 5.41) is 0. The van der Waals surface area contributed by atoms with Gasteiger partial charge in [0, 0.05) is 25.9 Å². The van der Waals surface area contributed by atoms with Gasteiger partial charge in [0.05, 0.1) is 6.61 Å². The molecular formula is C20H25N3O4. The molecule has 1 unspecified atom stereocenters. The second-order valence-electron chi connectivity index (χ2n) is 6.43. The second kappa shape index (κ2) is 8.73. The number of fused-ring (bicyclic) bond motifs is 1. The first-order chi connectivity index (χ1) is 13.2. The van der Waals surface area contributed by atoms with Gasteiger partial charge in [0.25, 0.3) is 5.91 Å². The summed E-state index contributed by atoms with van der Waals surface area (Å²) in [6, 6.07) is 11.0. The van der Waals surface area contributed by atoms with Gasteiger partial charge in [-0.3, -0.25) is 14.3 Å². The number of benzene rings is 1. The lowest BCUT2D eigenvalue weighted by atomic mass is 10.1. The van der Waals surface area contributed by atoms with Crippen LogP contribution in [0.4, 0.5) is 0 Å². The number of pyridine rings is 1. The number of carbonyl (C=O) groups excluding carboxylic acids is 1. The number of aromatic nitrogens is 1. The molecule has 1 aromatic carbocycles. The van der Waals surface area contributed by atoms with Gasteiger partial charge in [-0.2, -0.15) is 0 Å².